The number of nitrogens with two attached hydrogens (primary N) is 1. The number of rotatable bonds is 2. The van der Waals surface area contributed by atoms with E-state index in [1.807, 2.05) is 34.7 Å². The molecule has 3 N–H and O–H groups in total. The highest BCUT2D eigenvalue weighted by Gasteiger charge is 2.19. The van der Waals surface area contributed by atoms with Gasteiger partial charge >= 0.3 is 0 Å². The first-order valence-electron chi connectivity index (χ1n) is 3.97. The zero-order chi connectivity index (χ0) is 9.49. The van der Waals surface area contributed by atoms with Crippen molar-refractivity contribution in [3.63, 3.8) is 0 Å². The lowest BCUT2D eigenvalue weighted by Gasteiger charge is -2.22. The summed E-state index contributed by atoms with van der Waals surface area (Å²) in [5.74, 6) is 0. The van der Waals surface area contributed by atoms with Gasteiger partial charge in [0.1, 0.15) is 0 Å². The molecule has 0 amide bonds. The zero-order valence-corrected chi connectivity index (χ0v) is 9.01. The molecule has 0 aliphatic rings. The third-order valence-electron chi connectivity index (χ3n) is 1.35. The quantitative estimate of drug-likeness (QED) is 0.627. The van der Waals surface area contributed by atoms with Crippen LogP contribution in [0.15, 0.2) is 0 Å². The second-order valence-corrected chi connectivity index (χ2v) is 3.08. The summed E-state index contributed by atoms with van der Waals surface area (Å²) in [7, 11) is 1.82. The summed E-state index contributed by atoms with van der Waals surface area (Å²) in [6.07, 6.45) is 0. The summed E-state index contributed by atoms with van der Waals surface area (Å²) in [5.41, 5.74) is 5.40. The van der Waals surface area contributed by atoms with Gasteiger partial charge in [0, 0.05) is 19.0 Å². The molecule has 0 heterocycles. The topological polar surface area (TPSA) is 38.0 Å². The molecule has 0 bridgehead atoms. The molecule has 0 atom stereocenters. The van der Waals surface area contributed by atoms with Gasteiger partial charge in [0.05, 0.1) is 4.99 Å². The molecular formula is C8H20N2S. The Bertz CT molecular complexity index is 111. The Kier molecular flexibility index (Phi) is 8.01. The molecule has 0 aliphatic carbocycles. The molecule has 0 aromatic heterocycles. The third kappa shape index (κ3) is 5.16. The number of thiocarbonyl (C=S) groups is 1. The van der Waals surface area contributed by atoms with Crippen molar-refractivity contribution in [1.82, 2.24) is 5.32 Å². The molecule has 0 aromatic carbocycles. The van der Waals surface area contributed by atoms with Crippen LogP contribution in [0.2, 0.25) is 0 Å². The van der Waals surface area contributed by atoms with E-state index in [0.717, 1.165) is 4.99 Å². The highest BCUT2D eigenvalue weighted by atomic mass is 32.1. The molecule has 0 rings (SSSR count). The molecular weight excluding hydrogens is 156 g/mol. The van der Waals surface area contributed by atoms with Crippen LogP contribution in [0.5, 0.6) is 0 Å². The highest BCUT2D eigenvalue weighted by molar-refractivity contribution is 7.80. The van der Waals surface area contributed by atoms with E-state index in [4.69, 9.17) is 18.0 Å². The molecule has 68 valence electrons. The average Bonchev–Trinajstić information content (AvgIpc) is 2.06. The van der Waals surface area contributed by atoms with Gasteiger partial charge in [0.2, 0.25) is 0 Å². The van der Waals surface area contributed by atoms with Crippen LogP contribution in [0.3, 0.4) is 0 Å². The molecule has 0 saturated heterocycles. The highest BCUT2D eigenvalue weighted by Crippen LogP contribution is 2.12. The van der Waals surface area contributed by atoms with Crippen LogP contribution in [0.25, 0.3) is 0 Å². The molecule has 11 heavy (non-hydrogen) atoms. The summed E-state index contributed by atoms with van der Waals surface area (Å²) in [5, 5.41) is 2.91. The van der Waals surface area contributed by atoms with Gasteiger partial charge in [0.15, 0.2) is 0 Å². The minimum Gasteiger partial charge on any atom is -0.382 e. The van der Waals surface area contributed by atoms with Crippen molar-refractivity contribution in [3.8, 4) is 0 Å². The Balaban J connectivity index is 0. The van der Waals surface area contributed by atoms with Crippen molar-refractivity contribution in [3.05, 3.63) is 0 Å². The second kappa shape index (κ2) is 6.55. The SMILES string of the molecule is CC.CNC(=S)C(C)(C)CN. The smallest absolute Gasteiger partial charge is 0.0820 e. The summed E-state index contributed by atoms with van der Waals surface area (Å²) >= 11 is 5.00. The Morgan fingerprint density at radius 2 is 1.82 bits per heavy atom. The van der Waals surface area contributed by atoms with E-state index in [-0.39, 0.29) is 5.41 Å². The van der Waals surface area contributed by atoms with Gasteiger partial charge in [-0.05, 0) is 0 Å². The van der Waals surface area contributed by atoms with Crippen LogP contribution in [-0.4, -0.2) is 18.6 Å². The maximum absolute atomic E-state index is 5.46. The molecule has 0 unspecified atom stereocenters. The lowest BCUT2D eigenvalue weighted by atomic mass is 9.94. The van der Waals surface area contributed by atoms with E-state index in [9.17, 15) is 0 Å². The van der Waals surface area contributed by atoms with Crippen molar-refractivity contribution in [2.45, 2.75) is 27.7 Å². The fourth-order valence-electron chi connectivity index (χ4n) is 0.431. The van der Waals surface area contributed by atoms with Gasteiger partial charge in [0.25, 0.3) is 0 Å². The summed E-state index contributed by atoms with van der Waals surface area (Å²) in [4.78, 5) is 0.824. The molecule has 0 aromatic rings. The van der Waals surface area contributed by atoms with Crippen molar-refractivity contribution in [2.75, 3.05) is 13.6 Å². The van der Waals surface area contributed by atoms with Crippen LogP contribution in [-0.2, 0) is 0 Å². The van der Waals surface area contributed by atoms with Gasteiger partial charge in [-0.1, -0.05) is 39.9 Å². The fourth-order valence-corrected chi connectivity index (χ4v) is 0.514. The first kappa shape index (κ1) is 13.4. The number of hydrogen-bond donors (Lipinski definition) is 2. The fraction of sp³-hybridized carbons (Fsp3) is 0.875. The predicted molar refractivity (Wildman–Crippen MR) is 55.8 cm³/mol. The standard InChI is InChI=1S/C6H14N2S.C2H6/c1-6(2,4-7)5(9)8-3;1-2/h4,7H2,1-3H3,(H,8,9);1-2H3. The monoisotopic (exact) mass is 176 g/mol. The Morgan fingerprint density at radius 3 is 1.91 bits per heavy atom. The lowest BCUT2D eigenvalue weighted by Crippen LogP contribution is -2.38. The number of hydrogen-bond acceptors (Lipinski definition) is 2. The van der Waals surface area contributed by atoms with Gasteiger partial charge < -0.3 is 11.1 Å². The van der Waals surface area contributed by atoms with E-state index in [2.05, 4.69) is 5.32 Å². The molecule has 3 heteroatoms. The normalized spacial score (nSPS) is 9.64. The summed E-state index contributed by atoms with van der Waals surface area (Å²) in [6, 6.07) is 0. The first-order chi connectivity index (χ1) is 5.04. The van der Waals surface area contributed by atoms with Crippen molar-refractivity contribution < 1.29 is 0 Å². The van der Waals surface area contributed by atoms with Crippen LogP contribution < -0.4 is 11.1 Å². The van der Waals surface area contributed by atoms with Crippen LogP contribution in [0, 0.1) is 5.41 Å². The van der Waals surface area contributed by atoms with Crippen molar-refractivity contribution in [2.24, 2.45) is 11.1 Å². The Labute approximate surface area is 75.5 Å². The maximum atomic E-state index is 5.46. The molecule has 0 radical (unpaired) electrons. The van der Waals surface area contributed by atoms with E-state index < -0.39 is 0 Å². The lowest BCUT2D eigenvalue weighted by molar-refractivity contribution is 0.532. The second-order valence-electron chi connectivity index (χ2n) is 2.67. The maximum Gasteiger partial charge on any atom is 0.0820 e. The first-order valence-corrected chi connectivity index (χ1v) is 4.37. The largest absolute Gasteiger partial charge is 0.382 e. The summed E-state index contributed by atoms with van der Waals surface area (Å²) < 4.78 is 0. The molecule has 0 spiro atoms. The third-order valence-corrected chi connectivity index (χ3v) is 2.11. The van der Waals surface area contributed by atoms with E-state index in [1.165, 1.54) is 0 Å². The molecule has 0 saturated carbocycles. The van der Waals surface area contributed by atoms with E-state index in [0.29, 0.717) is 6.54 Å². The Morgan fingerprint density at radius 1 is 1.45 bits per heavy atom. The van der Waals surface area contributed by atoms with Crippen LogP contribution >= 0.6 is 12.2 Å². The van der Waals surface area contributed by atoms with Gasteiger partial charge in [-0.25, -0.2) is 0 Å². The van der Waals surface area contributed by atoms with Crippen LogP contribution in [0.4, 0.5) is 0 Å². The molecule has 0 aliphatic heterocycles. The van der Waals surface area contributed by atoms with Gasteiger partial charge in [-0.15, -0.1) is 0 Å². The van der Waals surface area contributed by atoms with Crippen LogP contribution in [0.1, 0.15) is 27.7 Å². The van der Waals surface area contributed by atoms with Gasteiger partial charge in [-0.3, -0.25) is 0 Å². The minimum absolute atomic E-state index is 0.0515. The average molecular weight is 176 g/mol. The predicted octanol–water partition coefficient (Wildman–Crippen LogP) is 1.54. The molecule has 0 fully saturated rings. The minimum atomic E-state index is -0.0515. The van der Waals surface area contributed by atoms with Crippen molar-refractivity contribution >= 4 is 17.2 Å². The Hall–Kier alpha value is -0.150. The zero-order valence-electron chi connectivity index (χ0n) is 8.19. The summed E-state index contributed by atoms with van der Waals surface area (Å²) in [6.45, 7) is 8.63. The molecule has 2 nitrogen and oxygen atoms in total. The van der Waals surface area contributed by atoms with Gasteiger partial charge in [-0.2, -0.15) is 0 Å². The van der Waals surface area contributed by atoms with Crippen molar-refractivity contribution in [1.29, 1.82) is 0 Å². The number of nitrogens with one attached hydrogen (secondary N) is 1. The van der Waals surface area contributed by atoms with E-state index >= 15 is 0 Å². The van der Waals surface area contributed by atoms with E-state index in [1.54, 1.807) is 0 Å².